The van der Waals surface area contributed by atoms with E-state index in [0.717, 1.165) is 33.7 Å². The smallest absolute Gasteiger partial charge is 0.134 e. The van der Waals surface area contributed by atoms with Gasteiger partial charge in [0, 0.05) is 23.7 Å². The Morgan fingerprint density at radius 1 is 1.00 bits per heavy atom. The zero-order chi connectivity index (χ0) is 15.4. The van der Waals surface area contributed by atoms with Gasteiger partial charge in [-0.1, -0.05) is 18.2 Å². The number of nitrogens with zero attached hydrogens (tertiary/aromatic N) is 1. The number of nitrogens with one attached hydrogen (secondary N) is 1. The number of fused-ring (bicyclic) bond motifs is 1. The molecule has 0 saturated carbocycles. The topological polar surface area (TPSA) is 43.4 Å². The van der Waals surface area contributed by atoms with Crippen LogP contribution in [0.1, 0.15) is 5.56 Å². The number of rotatable bonds is 5. The van der Waals surface area contributed by atoms with E-state index in [9.17, 15) is 0 Å². The molecule has 0 fully saturated rings. The van der Waals surface area contributed by atoms with Gasteiger partial charge in [0.1, 0.15) is 17.3 Å². The molecule has 5 heteroatoms. The lowest BCUT2D eigenvalue weighted by Crippen LogP contribution is -2.03. The van der Waals surface area contributed by atoms with Crippen molar-refractivity contribution < 1.29 is 9.47 Å². The Bertz CT molecular complexity index is 793. The average molecular weight is 331 g/mol. The van der Waals surface area contributed by atoms with Crippen LogP contribution in [0.25, 0.3) is 10.8 Å². The summed E-state index contributed by atoms with van der Waals surface area (Å²) in [7, 11) is 3.35. The van der Waals surface area contributed by atoms with Gasteiger partial charge < -0.3 is 14.8 Å². The van der Waals surface area contributed by atoms with Crippen LogP contribution in [0.15, 0.2) is 54.7 Å². The van der Waals surface area contributed by atoms with Crippen molar-refractivity contribution in [3.8, 4) is 11.5 Å². The maximum Gasteiger partial charge on any atom is 0.134 e. The molecule has 0 aliphatic carbocycles. The first-order valence-electron chi connectivity index (χ1n) is 7.10. The van der Waals surface area contributed by atoms with E-state index in [-0.39, 0.29) is 12.4 Å². The first-order valence-corrected chi connectivity index (χ1v) is 7.10. The first kappa shape index (κ1) is 16.9. The number of para-hydroxylation sites is 1. The van der Waals surface area contributed by atoms with Gasteiger partial charge in [-0.2, -0.15) is 0 Å². The minimum Gasteiger partial charge on any atom is -0.497 e. The van der Waals surface area contributed by atoms with E-state index in [4.69, 9.17) is 9.47 Å². The van der Waals surface area contributed by atoms with Gasteiger partial charge in [0.2, 0.25) is 0 Å². The largest absolute Gasteiger partial charge is 0.497 e. The lowest BCUT2D eigenvalue weighted by atomic mass is 10.1. The molecule has 0 amide bonds. The molecule has 0 saturated heterocycles. The van der Waals surface area contributed by atoms with Gasteiger partial charge in [-0.3, -0.25) is 0 Å². The zero-order valence-corrected chi connectivity index (χ0v) is 13.9. The number of halogens is 1. The molecule has 0 aliphatic rings. The predicted octanol–water partition coefficient (Wildman–Crippen LogP) is 4.29. The number of methoxy groups -OCH3 is 2. The van der Waals surface area contributed by atoms with Gasteiger partial charge in [0.15, 0.2) is 0 Å². The summed E-state index contributed by atoms with van der Waals surface area (Å²) in [6, 6.07) is 15.9. The predicted molar refractivity (Wildman–Crippen MR) is 95.9 cm³/mol. The lowest BCUT2D eigenvalue weighted by Gasteiger charge is -2.12. The number of benzene rings is 2. The molecule has 0 bridgehead atoms. The van der Waals surface area contributed by atoms with Gasteiger partial charge in [0.25, 0.3) is 0 Å². The van der Waals surface area contributed by atoms with E-state index < -0.39 is 0 Å². The molecule has 23 heavy (non-hydrogen) atoms. The van der Waals surface area contributed by atoms with Gasteiger partial charge in [0.05, 0.1) is 14.2 Å². The van der Waals surface area contributed by atoms with E-state index in [2.05, 4.69) is 10.3 Å². The summed E-state index contributed by atoms with van der Waals surface area (Å²) >= 11 is 0. The van der Waals surface area contributed by atoms with Crippen LogP contribution in [0.5, 0.6) is 11.5 Å². The van der Waals surface area contributed by atoms with E-state index in [1.165, 1.54) is 0 Å². The van der Waals surface area contributed by atoms with Crippen molar-refractivity contribution in [2.45, 2.75) is 6.54 Å². The Hall–Kier alpha value is -2.46. The normalized spacial score (nSPS) is 10.0. The number of pyridine rings is 1. The van der Waals surface area contributed by atoms with Crippen LogP contribution >= 0.6 is 12.4 Å². The molecule has 3 aromatic rings. The number of hydrogen-bond acceptors (Lipinski definition) is 4. The maximum absolute atomic E-state index is 5.37. The lowest BCUT2D eigenvalue weighted by molar-refractivity contribution is 0.410. The van der Waals surface area contributed by atoms with Crippen LogP contribution in [0.3, 0.4) is 0 Å². The summed E-state index contributed by atoms with van der Waals surface area (Å²) in [6.45, 7) is 0.655. The molecule has 0 aliphatic heterocycles. The summed E-state index contributed by atoms with van der Waals surface area (Å²) in [4.78, 5) is 4.44. The molecule has 3 rings (SSSR count). The van der Waals surface area contributed by atoms with Crippen molar-refractivity contribution in [3.63, 3.8) is 0 Å². The molecular weight excluding hydrogens is 312 g/mol. The molecule has 0 spiro atoms. The van der Waals surface area contributed by atoms with Crippen LogP contribution in [0.2, 0.25) is 0 Å². The van der Waals surface area contributed by atoms with Crippen molar-refractivity contribution in [1.82, 2.24) is 4.98 Å². The van der Waals surface area contributed by atoms with Gasteiger partial charge in [-0.15, -0.1) is 12.4 Å². The van der Waals surface area contributed by atoms with Crippen LogP contribution in [0, 0.1) is 0 Å². The minimum absolute atomic E-state index is 0. The van der Waals surface area contributed by atoms with Crippen LogP contribution in [0.4, 0.5) is 5.82 Å². The summed E-state index contributed by atoms with van der Waals surface area (Å²) < 4.78 is 10.6. The second-order valence-electron chi connectivity index (χ2n) is 4.91. The molecule has 0 radical (unpaired) electrons. The molecule has 4 nitrogen and oxygen atoms in total. The van der Waals surface area contributed by atoms with Gasteiger partial charge in [-0.05, 0) is 35.7 Å². The summed E-state index contributed by atoms with van der Waals surface area (Å²) in [5.74, 6) is 2.57. The molecule has 0 unspecified atom stereocenters. The second kappa shape index (κ2) is 7.70. The fourth-order valence-corrected chi connectivity index (χ4v) is 2.45. The van der Waals surface area contributed by atoms with E-state index in [1.54, 1.807) is 20.4 Å². The molecule has 120 valence electrons. The monoisotopic (exact) mass is 330 g/mol. The quantitative estimate of drug-likeness (QED) is 0.758. The Labute approximate surface area is 141 Å². The molecule has 0 atom stereocenters. The average Bonchev–Trinajstić information content (AvgIpc) is 2.59. The highest BCUT2D eigenvalue weighted by Crippen LogP contribution is 2.26. The zero-order valence-electron chi connectivity index (χ0n) is 13.1. The van der Waals surface area contributed by atoms with Crippen LogP contribution in [-0.2, 0) is 6.54 Å². The van der Waals surface area contributed by atoms with Gasteiger partial charge in [-0.25, -0.2) is 4.98 Å². The Morgan fingerprint density at radius 2 is 1.83 bits per heavy atom. The summed E-state index contributed by atoms with van der Waals surface area (Å²) in [6.07, 6.45) is 1.80. The van der Waals surface area contributed by atoms with Crippen molar-refractivity contribution in [2.24, 2.45) is 0 Å². The van der Waals surface area contributed by atoms with Crippen molar-refractivity contribution in [1.29, 1.82) is 0 Å². The Balaban J connectivity index is 0.00000192. The summed E-state index contributed by atoms with van der Waals surface area (Å²) in [5, 5.41) is 5.55. The molecule has 1 aromatic heterocycles. The fourth-order valence-electron chi connectivity index (χ4n) is 2.45. The molecule has 1 heterocycles. The third-order valence-corrected chi connectivity index (χ3v) is 3.61. The van der Waals surface area contributed by atoms with E-state index >= 15 is 0 Å². The highest BCUT2D eigenvalue weighted by atomic mass is 35.5. The number of anilines is 1. The SMILES string of the molecule is COc1ccc2c(NCc3ccccc3OC)nccc2c1.Cl. The van der Waals surface area contributed by atoms with Gasteiger partial charge >= 0.3 is 0 Å². The Morgan fingerprint density at radius 3 is 2.61 bits per heavy atom. The highest BCUT2D eigenvalue weighted by molar-refractivity contribution is 5.92. The van der Waals surface area contributed by atoms with Crippen molar-refractivity contribution in [3.05, 3.63) is 60.3 Å². The van der Waals surface area contributed by atoms with Crippen LogP contribution in [-0.4, -0.2) is 19.2 Å². The second-order valence-corrected chi connectivity index (χ2v) is 4.91. The van der Waals surface area contributed by atoms with E-state index in [0.29, 0.717) is 6.54 Å². The number of ether oxygens (including phenoxy) is 2. The molecular formula is C18H19ClN2O2. The number of hydrogen-bond donors (Lipinski definition) is 1. The number of aromatic nitrogens is 1. The van der Waals surface area contributed by atoms with E-state index in [1.807, 2.05) is 48.5 Å². The third kappa shape index (κ3) is 3.66. The van der Waals surface area contributed by atoms with Crippen molar-refractivity contribution >= 4 is 29.0 Å². The highest BCUT2D eigenvalue weighted by Gasteiger charge is 2.06. The third-order valence-electron chi connectivity index (χ3n) is 3.61. The van der Waals surface area contributed by atoms with Crippen LogP contribution < -0.4 is 14.8 Å². The standard InChI is InChI=1S/C18H18N2O2.ClH/c1-21-15-7-8-16-13(11-15)9-10-19-18(16)20-12-14-5-3-4-6-17(14)22-2;/h3-11H,12H2,1-2H3,(H,19,20);1H. The Kier molecular flexibility index (Phi) is 5.66. The minimum atomic E-state index is 0. The molecule has 1 N–H and O–H groups in total. The first-order chi connectivity index (χ1) is 10.8. The van der Waals surface area contributed by atoms with Crippen molar-refractivity contribution in [2.75, 3.05) is 19.5 Å². The summed E-state index contributed by atoms with van der Waals surface area (Å²) in [5.41, 5.74) is 1.09. The fraction of sp³-hybridized carbons (Fsp3) is 0.167. The molecule has 2 aromatic carbocycles. The maximum atomic E-state index is 5.37.